The SMILES string of the molecule is CCC(C)(O)CNc1cccc(C#N)c1N. The minimum absolute atomic E-state index is 0.405. The fourth-order valence-corrected chi connectivity index (χ4v) is 1.23. The number of nitriles is 1. The molecule has 0 bridgehead atoms. The summed E-state index contributed by atoms with van der Waals surface area (Å²) in [5.74, 6) is 0. The van der Waals surface area contributed by atoms with Crippen molar-refractivity contribution >= 4 is 11.4 Å². The largest absolute Gasteiger partial charge is 0.396 e. The Morgan fingerprint density at radius 3 is 2.81 bits per heavy atom. The second-order valence-electron chi connectivity index (χ2n) is 4.08. The van der Waals surface area contributed by atoms with Crippen LogP contribution in [0, 0.1) is 11.3 Å². The highest BCUT2D eigenvalue weighted by atomic mass is 16.3. The van der Waals surface area contributed by atoms with Gasteiger partial charge < -0.3 is 16.2 Å². The molecule has 1 unspecified atom stereocenters. The van der Waals surface area contributed by atoms with Crippen LogP contribution >= 0.6 is 0 Å². The van der Waals surface area contributed by atoms with Gasteiger partial charge in [-0.15, -0.1) is 0 Å². The summed E-state index contributed by atoms with van der Waals surface area (Å²) in [5, 5.41) is 21.7. The quantitative estimate of drug-likeness (QED) is 0.673. The maximum absolute atomic E-state index is 9.83. The average Bonchev–Trinajstić information content (AvgIpc) is 2.28. The summed E-state index contributed by atoms with van der Waals surface area (Å²) in [4.78, 5) is 0. The van der Waals surface area contributed by atoms with Gasteiger partial charge in [-0.1, -0.05) is 13.0 Å². The molecule has 1 aromatic carbocycles. The van der Waals surface area contributed by atoms with Gasteiger partial charge in [0, 0.05) is 6.54 Å². The zero-order valence-corrected chi connectivity index (χ0v) is 9.62. The Hall–Kier alpha value is -1.73. The Bertz CT molecular complexity index is 407. The van der Waals surface area contributed by atoms with Crippen LogP contribution in [-0.2, 0) is 0 Å². The molecule has 4 N–H and O–H groups in total. The van der Waals surface area contributed by atoms with E-state index in [-0.39, 0.29) is 0 Å². The van der Waals surface area contributed by atoms with E-state index < -0.39 is 5.60 Å². The summed E-state index contributed by atoms with van der Waals surface area (Å²) in [6, 6.07) is 7.24. The second-order valence-corrected chi connectivity index (χ2v) is 4.08. The zero-order valence-electron chi connectivity index (χ0n) is 9.62. The van der Waals surface area contributed by atoms with E-state index in [1.165, 1.54) is 0 Å². The minimum Gasteiger partial charge on any atom is -0.396 e. The highest BCUT2D eigenvalue weighted by Crippen LogP contribution is 2.22. The van der Waals surface area contributed by atoms with Crippen molar-refractivity contribution in [2.75, 3.05) is 17.6 Å². The van der Waals surface area contributed by atoms with Crippen molar-refractivity contribution in [3.63, 3.8) is 0 Å². The fraction of sp³-hybridized carbons (Fsp3) is 0.417. The van der Waals surface area contributed by atoms with Crippen LogP contribution in [0.25, 0.3) is 0 Å². The van der Waals surface area contributed by atoms with Crippen LogP contribution in [0.1, 0.15) is 25.8 Å². The molecule has 0 saturated carbocycles. The third kappa shape index (κ3) is 2.88. The number of anilines is 2. The molecule has 4 heteroatoms. The van der Waals surface area contributed by atoms with Crippen LogP contribution in [0.5, 0.6) is 0 Å². The van der Waals surface area contributed by atoms with Gasteiger partial charge in [0.05, 0.1) is 22.5 Å². The fourth-order valence-electron chi connectivity index (χ4n) is 1.23. The van der Waals surface area contributed by atoms with E-state index in [9.17, 15) is 5.11 Å². The van der Waals surface area contributed by atoms with Gasteiger partial charge in [0.2, 0.25) is 0 Å². The van der Waals surface area contributed by atoms with Gasteiger partial charge in [0.1, 0.15) is 6.07 Å². The van der Waals surface area contributed by atoms with E-state index in [1.807, 2.05) is 13.0 Å². The molecule has 4 nitrogen and oxygen atoms in total. The van der Waals surface area contributed by atoms with Gasteiger partial charge in [-0.05, 0) is 25.5 Å². The normalized spacial score (nSPS) is 13.9. The lowest BCUT2D eigenvalue weighted by molar-refractivity contribution is 0.0697. The summed E-state index contributed by atoms with van der Waals surface area (Å²) in [6.07, 6.45) is 0.651. The molecule has 0 heterocycles. The Labute approximate surface area is 95.7 Å². The summed E-state index contributed by atoms with van der Waals surface area (Å²) in [5.41, 5.74) is 6.59. The molecule has 0 spiro atoms. The third-order valence-corrected chi connectivity index (χ3v) is 2.65. The van der Waals surface area contributed by atoms with Crippen molar-refractivity contribution < 1.29 is 5.11 Å². The van der Waals surface area contributed by atoms with Crippen molar-refractivity contribution in [1.82, 2.24) is 0 Å². The van der Waals surface area contributed by atoms with Crippen LogP contribution in [0.4, 0.5) is 11.4 Å². The monoisotopic (exact) mass is 219 g/mol. The van der Waals surface area contributed by atoms with E-state index >= 15 is 0 Å². The van der Waals surface area contributed by atoms with Gasteiger partial charge in [-0.2, -0.15) is 5.26 Å². The first-order chi connectivity index (χ1) is 7.50. The van der Waals surface area contributed by atoms with E-state index in [4.69, 9.17) is 11.0 Å². The van der Waals surface area contributed by atoms with E-state index in [0.29, 0.717) is 29.9 Å². The summed E-state index contributed by atoms with van der Waals surface area (Å²) in [6.45, 7) is 4.07. The minimum atomic E-state index is -0.769. The van der Waals surface area contributed by atoms with Crippen molar-refractivity contribution in [3.8, 4) is 6.07 Å². The molecule has 0 fully saturated rings. The summed E-state index contributed by atoms with van der Waals surface area (Å²) in [7, 11) is 0. The average molecular weight is 219 g/mol. The topological polar surface area (TPSA) is 82.1 Å². The number of para-hydroxylation sites is 1. The molecule has 0 amide bonds. The lowest BCUT2D eigenvalue weighted by Gasteiger charge is -2.22. The maximum atomic E-state index is 9.83. The number of rotatable bonds is 4. The zero-order chi connectivity index (χ0) is 12.2. The van der Waals surface area contributed by atoms with Crippen LogP contribution in [0.3, 0.4) is 0 Å². The number of aliphatic hydroxyl groups is 1. The molecule has 0 aliphatic heterocycles. The molecule has 1 aromatic rings. The smallest absolute Gasteiger partial charge is 0.101 e. The van der Waals surface area contributed by atoms with E-state index in [0.717, 1.165) is 0 Å². The standard InChI is InChI=1S/C12H17N3O/c1-3-12(2,16)8-15-10-6-4-5-9(7-13)11(10)14/h4-6,15-16H,3,8,14H2,1-2H3. The molecular weight excluding hydrogens is 202 g/mol. The van der Waals surface area contributed by atoms with Crippen LogP contribution in [-0.4, -0.2) is 17.3 Å². The lowest BCUT2D eigenvalue weighted by atomic mass is 10.0. The molecule has 0 aliphatic carbocycles. The molecule has 1 rings (SSSR count). The lowest BCUT2D eigenvalue weighted by Crippen LogP contribution is -2.32. The Balaban J connectivity index is 2.80. The van der Waals surface area contributed by atoms with Gasteiger partial charge in [0.15, 0.2) is 0 Å². The predicted molar refractivity (Wildman–Crippen MR) is 65.0 cm³/mol. The van der Waals surface area contributed by atoms with Crippen LogP contribution in [0.15, 0.2) is 18.2 Å². The molecular formula is C12H17N3O. The third-order valence-electron chi connectivity index (χ3n) is 2.65. The van der Waals surface area contributed by atoms with Gasteiger partial charge in [-0.3, -0.25) is 0 Å². The molecule has 0 aromatic heterocycles. The first kappa shape index (κ1) is 12.3. The van der Waals surface area contributed by atoms with E-state index in [2.05, 4.69) is 5.32 Å². The molecule has 1 atom stereocenters. The van der Waals surface area contributed by atoms with Crippen molar-refractivity contribution in [1.29, 1.82) is 5.26 Å². The second kappa shape index (κ2) is 4.86. The highest BCUT2D eigenvalue weighted by molar-refractivity contribution is 5.72. The van der Waals surface area contributed by atoms with Crippen molar-refractivity contribution in [2.24, 2.45) is 0 Å². The van der Waals surface area contributed by atoms with Crippen molar-refractivity contribution in [3.05, 3.63) is 23.8 Å². The highest BCUT2D eigenvalue weighted by Gasteiger charge is 2.17. The van der Waals surface area contributed by atoms with Crippen molar-refractivity contribution in [2.45, 2.75) is 25.9 Å². The maximum Gasteiger partial charge on any atom is 0.101 e. The number of nitrogens with one attached hydrogen (secondary N) is 1. The number of nitrogens with two attached hydrogens (primary N) is 1. The number of nitrogens with zero attached hydrogens (tertiary/aromatic N) is 1. The van der Waals surface area contributed by atoms with Crippen LogP contribution in [0.2, 0.25) is 0 Å². The molecule has 86 valence electrons. The summed E-state index contributed by atoms with van der Waals surface area (Å²) >= 11 is 0. The molecule has 0 aliphatic rings. The number of benzene rings is 1. The van der Waals surface area contributed by atoms with Gasteiger partial charge in [0.25, 0.3) is 0 Å². The number of hydrogen-bond acceptors (Lipinski definition) is 4. The van der Waals surface area contributed by atoms with Gasteiger partial charge in [-0.25, -0.2) is 0 Å². The summed E-state index contributed by atoms with van der Waals surface area (Å²) < 4.78 is 0. The molecule has 0 radical (unpaired) electrons. The number of nitrogen functional groups attached to an aromatic ring is 1. The molecule has 0 saturated heterocycles. The Kier molecular flexibility index (Phi) is 3.75. The molecule has 16 heavy (non-hydrogen) atoms. The van der Waals surface area contributed by atoms with Crippen LogP contribution < -0.4 is 11.1 Å². The van der Waals surface area contributed by atoms with E-state index in [1.54, 1.807) is 25.1 Å². The van der Waals surface area contributed by atoms with Gasteiger partial charge >= 0.3 is 0 Å². The Morgan fingerprint density at radius 2 is 2.25 bits per heavy atom. The Morgan fingerprint density at radius 1 is 1.56 bits per heavy atom. The predicted octanol–water partition coefficient (Wildman–Crippen LogP) is 1.71. The number of hydrogen-bond donors (Lipinski definition) is 3. The first-order valence-corrected chi connectivity index (χ1v) is 5.25. The first-order valence-electron chi connectivity index (χ1n) is 5.25.